The molecule has 3 nitrogen and oxygen atoms in total. The monoisotopic (exact) mass is 343 g/mol. The molecule has 0 bridgehead atoms. The van der Waals surface area contributed by atoms with Crippen molar-refractivity contribution in [3.8, 4) is 0 Å². The second-order valence-electron chi connectivity index (χ2n) is 5.28. The molecular weight excluding hydrogens is 325 g/mol. The van der Waals surface area contributed by atoms with Crippen LogP contribution in [0.15, 0.2) is 0 Å². The van der Waals surface area contributed by atoms with E-state index in [1.807, 2.05) is 0 Å². The molecule has 0 spiro atoms. The lowest BCUT2D eigenvalue weighted by molar-refractivity contribution is 0.428. The molecule has 0 radical (unpaired) electrons. The van der Waals surface area contributed by atoms with Gasteiger partial charge in [-0.3, -0.25) is 0 Å². The number of hydrogen-bond donors (Lipinski definition) is 1. The minimum atomic E-state index is 0.556. The van der Waals surface area contributed by atoms with Gasteiger partial charge in [0.1, 0.15) is 11.6 Å². The molecule has 0 saturated heterocycles. The summed E-state index contributed by atoms with van der Waals surface area (Å²) in [6.45, 7) is 0. The first-order valence-electron chi connectivity index (χ1n) is 6.58. The Bertz CT molecular complexity index is 423. The maximum Gasteiger partial charge on any atom is 0.140 e. The maximum absolute atomic E-state index is 6.04. The van der Waals surface area contributed by atoms with Crippen molar-refractivity contribution in [1.82, 2.24) is 9.97 Å². The zero-order valence-electron chi connectivity index (χ0n) is 9.95. The summed E-state index contributed by atoms with van der Waals surface area (Å²) in [6, 6.07) is 0. The van der Waals surface area contributed by atoms with Gasteiger partial charge in [0, 0.05) is 11.8 Å². The number of anilines is 1. The summed E-state index contributed by atoms with van der Waals surface area (Å²) < 4.78 is 1.09. The van der Waals surface area contributed by atoms with Crippen molar-refractivity contribution in [2.24, 2.45) is 0 Å². The van der Waals surface area contributed by atoms with E-state index in [4.69, 9.17) is 10.7 Å². The van der Waals surface area contributed by atoms with Gasteiger partial charge in [0.05, 0.1) is 9.26 Å². The lowest BCUT2D eigenvalue weighted by atomic mass is 9.88. The van der Waals surface area contributed by atoms with Crippen molar-refractivity contribution in [2.75, 3.05) is 5.73 Å². The van der Waals surface area contributed by atoms with Gasteiger partial charge in [-0.25, -0.2) is 9.97 Å². The highest BCUT2D eigenvalue weighted by atomic mass is 127. The quantitative estimate of drug-likeness (QED) is 0.835. The molecule has 0 aliphatic heterocycles. The van der Waals surface area contributed by atoms with E-state index >= 15 is 0 Å². The normalized spacial score (nSPS) is 21.7. The highest BCUT2D eigenvalue weighted by Gasteiger charge is 2.30. The van der Waals surface area contributed by atoms with Crippen LogP contribution in [0.3, 0.4) is 0 Å². The molecule has 0 aromatic carbocycles. The summed E-state index contributed by atoms with van der Waals surface area (Å²) in [5.41, 5.74) is 7.26. The fourth-order valence-electron chi connectivity index (χ4n) is 2.67. The third-order valence-electron chi connectivity index (χ3n) is 3.85. The van der Waals surface area contributed by atoms with Crippen LogP contribution in [0.2, 0.25) is 0 Å². The zero-order chi connectivity index (χ0) is 11.8. The molecular formula is C13H18IN3. The predicted molar refractivity (Wildman–Crippen MR) is 77.0 cm³/mol. The van der Waals surface area contributed by atoms with E-state index in [-0.39, 0.29) is 0 Å². The van der Waals surface area contributed by atoms with Crippen LogP contribution in [0.4, 0.5) is 5.82 Å². The molecule has 2 saturated carbocycles. The number of halogens is 1. The molecule has 2 aliphatic carbocycles. The Hall–Kier alpha value is -0.390. The minimum Gasteiger partial charge on any atom is -0.383 e. The lowest BCUT2D eigenvalue weighted by Gasteiger charge is -2.21. The molecule has 2 aliphatic rings. The first kappa shape index (κ1) is 11.7. The molecule has 1 heterocycles. The van der Waals surface area contributed by atoms with E-state index in [9.17, 15) is 0 Å². The smallest absolute Gasteiger partial charge is 0.140 e. The van der Waals surface area contributed by atoms with Gasteiger partial charge >= 0.3 is 0 Å². The summed E-state index contributed by atoms with van der Waals surface area (Å²) >= 11 is 2.30. The summed E-state index contributed by atoms with van der Waals surface area (Å²) in [6.07, 6.45) is 9.03. The first-order valence-corrected chi connectivity index (χ1v) is 7.66. The van der Waals surface area contributed by atoms with E-state index in [0.29, 0.717) is 17.7 Å². The summed E-state index contributed by atoms with van der Waals surface area (Å²) in [4.78, 5) is 9.35. The van der Waals surface area contributed by atoms with Crippen LogP contribution in [0.5, 0.6) is 0 Å². The first-order chi connectivity index (χ1) is 8.25. The highest BCUT2D eigenvalue weighted by molar-refractivity contribution is 14.1. The third kappa shape index (κ3) is 2.41. The molecule has 0 atom stereocenters. The van der Waals surface area contributed by atoms with Crippen molar-refractivity contribution in [2.45, 2.75) is 56.8 Å². The largest absolute Gasteiger partial charge is 0.383 e. The van der Waals surface area contributed by atoms with Crippen LogP contribution in [0.25, 0.3) is 0 Å². The second kappa shape index (κ2) is 4.71. The zero-order valence-corrected chi connectivity index (χ0v) is 12.1. The van der Waals surface area contributed by atoms with Gasteiger partial charge < -0.3 is 5.73 Å². The molecule has 2 N–H and O–H groups in total. The summed E-state index contributed by atoms with van der Waals surface area (Å²) in [5, 5.41) is 0. The van der Waals surface area contributed by atoms with Crippen molar-refractivity contribution in [3.05, 3.63) is 15.1 Å². The number of aromatic nitrogens is 2. The van der Waals surface area contributed by atoms with Gasteiger partial charge in [-0.05, 0) is 48.3 Å². The molecule has 3 rings (SSSR count). The van der Waals surface area contributed by atoms with E-state index in [1.165, 1.54) is 50.6 Å². The van der Waals surface area contributed by atoms with E-state index in [2.05, 4.69) is 27.6 Å². The second-order valence-corrected chi connectivity index (χ2v) is 6.35. The SMILES string of the molecule is Nc1nc(C2CCCCC2)nc(C2CC2)c1I. The Morgan fingerprint density at radius 2 is 1.65 bits per heavy atom. The summed E-state index contributed by atoms with van der Waals surface area (Å²) in [5.74, 6) is 2.93. The molecule has 92 valence electrons. The number of nitrogens with two attached hydrogens (primary N) is 1. The van der Waals surface area contributed by atoms with Gasteiger partial charge in [0.2, 0.25) is 0 Å². The van der Waals surface area contributed by atoms with Gasteiger partial charge in [0.25, 0.3) is 0 Å². The standard InChI is InChI=1S/C13H18IN3/c14-10-11(8-6-7-8)16-13(17-12(10)15)9-4-2-1-3-5-9/h8-9H,1-7H2,(H2,15,16,17). The molecule has 1 aromatic heterocycles. The van der Waals surface area contributed by atoms with E-state index in [1.54, 1.807) is 0 Å². The van der Waals surface area contributed by atoms with Gasteiger partial charge in [0.15, 0.2) is 0 Å². The van der Waals surface area contributed by atoms with Crippen LogP contribution in [-0.4, -0.2) is 9.97 Å². The maximum atomic E-state index is 6.04. The van der Waals surface area contributed by atoms with Gasteiger partial charge in [-0.15, -0.1) is 0 Å². The number of nitrogens with zero attached hydrogens (tertiary/aromatic N) is 2. The van der Waals surface area contributed by atoms with Crippen LogP contribution in [-0.2, 0) is 0 Å². The average molecular weight is 343 g/mol. The van der Waals surface area contributed by atoms with Crippen LogP contribution < -0.4 is 5.73 Å². The van der Waals surface area contributed by atoms with E-state index in [0.717, 1.165) is 9.39 Å². The van der Waals surface area contributed by atoms with Crippen molar-refractivity contribution >= 4 is 28.4 Å². The van der Waals surface area contributed by atoms with Gasteiger partial charge in [-0.2, -0.15) is 0 Å². The topological polar surface area (TPSA) is 51.8 Å². The molecule has 17 heavy (non-hydrogen) atoms. The lowest BCUT2D eigenvalue weighted by Crippen LogP contribution is -2.13. The number of rotatable bonds is 2. The van der Waals surface area contributed by atoms with Crippen molar-refractivity contribution in [1.29, 1.82) is 0 Å². The predicted octanol–water partition coefficient (Wildman–Crippen LogP) is 3.59. The Morgan fingerprint density at radius 3 is 2.29 bits per heavy atom. The molecule has 0 amide bonds. The minimum absolute atomic E-state index is 0.556. The highest BCUT2D eigenvalue weighted by Crippen LogP contribution is 2.43. The fourth-order valence-corrected chi connectivity index (χ4v) is 3.35. The van der Waals surface area contributed by atoms with Crippen molar-refractivity contribution in [3.63, 3.8) is 0 Å². The molecule has 1 aromatic rings. The fraction of sp³-hybridized carbons (Fsp3) is 0.692. The average Bonchev–Trinajstić information content (AvgIpc) is 3.18. The number of nitrogen functional groups attached to an aromatic ring is 1. The van der Waals surface area contributed by atoms with E-state index < -0.39 is 0 Å². The Kier molecular flexibility index (Phi) is 3.23. The van der Waals surface area contributed by atoms with Crippen molar-refractivity contribution < 1.29 is 0 Å². The van der Waals surface area contributed by atoms with Crippen LogP contribution >= 0.6 is 22.6 Å². The number of hydrogen-bond acceptors (Lipinski definition) is 3. The van der Waals surface area contributed by atoms with Crippen LogP contribution in [0, 0.1) is 3.57 Å². The Balaban J connectivity index is 1.93. The molecule has 2 fully saturated rings. The Labute approximate surface area is 116 Å². The molecule has 4 heteroatoms. The van der Waals surface area contributed by atoms with Crippen LogP contribution in [0.1, 0.15) is 68.3 Å². The third-order valence-corrected chi connectivity index (χ3v) is 4.96. The Morgan fingerprint density at radius 1 is 0.941 bits per heavy atom. The van der Waals surface area contributed by atoms with Gasteiger partial charge in [-0.1, -0.05) is 19.3 Å². The molecule has 0 unspecified atom stereocenters. The summed E-state index contributed by atoms with van der Waals surface area (Å²) in [7, 11) is 0.